The Morgan fingerprint density at radius 2 is 1.69 bits per heavy atom. The molecule has 6 nitrogen and oxygen atoms in total. The van der Waals surface area contributed by atoms with E-state index in [1.807, 2.05) is 33.0 Å². The van der Waals surface area contributed by atoms with E-state index < -0.39 is 11.0 Å². The van der Waals surface area contributed by atoms with Crippen LogP contribution in [0.1, 0.15) is 114 Å². The molecule has 39 heavy (non-hydrogen) atoms. The van der Waals surface area contributed by atoms with E-state index in [4.69, 9.17) is 4.74 Å². The van der Waals surface area contributed by atoms with E-state index in [1.165, 1.54) is 37.8 Å². The molecule has 1 atom stereocenters. The fourth-order valence-electron chi connectivity index (χ4n) is 5.87. The number of hydrogen-bond donors (Lipinski definition) is 2. The van der Waals surface area contributed by atoms with Crippen LogP contribution in [0.15, 0.2) is 29.3 Å². The van der Waals surface area contributed by atoms with Crippen molar-refractivity contribution in [3.8, 4) is 5.69 Å². The summed E-state index contributed by atoms with van der Waals surface area (Å²) in [6.45, 7) is 16.1. The Morgan fingerprint density at radius 3 is 2.31 bits per heavy atom. The molecule has 2 aliphatic rings. The van der Waals surface area contributed by atoms with Gasteiger partial charge in [-0.2, -0.15) is 0 Å². The minimum Gasteiger partial charge on any atom is -0.381 e. The largest absolute Gasteiger partial charge is 0.381 e. The van der Waals surface area contributed by atoms with Crippen LogP contribution in [0, 0.1) is 12.8 Å². The molecule has 1 amide bonds. The summed E-state index contributed by atoms with van der Waals surface area (Å²) in [5.74, 6) is 0.647. The van der Waals surface area contributed by atoms with E-state index in [9.17, 15) is 9.00 Å². The summed E-state index contributed by atoms with van der Waals surface area (Å²) in [6.07, 6.45) is 11.1. The number of amides is 1. The molecule has 1 aliphatic carbocycles. The minimum absolute atomic E-state index is 0.00573. The quantitative estimate of drug-likeness (QED) is 0.408. The first kappa shape index (κ1) is 30.0. The average molecular weight is 556 g/mol. The first-order chi connectivity index (χ1) is 18.3. The second-order valence-corrected chi connectivity index (χ2v) is 14.8. The number of carbonyl (C=O) groups is 1. The highest BCUT2D eigenvalue weighted by molar-refractivity contribution is 7.83. The number of benzene rings is 1. The summed E-state index contributed by atoms with van der Waals surface area (Å²) >= 11 is 0. The molecule has 4 rings (SSSR count). The number of rotatable bonds is 7. The van der Waals surface area contributed by atoms with Crippen molar-refractivity contribution in [1.29, 1.82) is 0 Å². The molecule has 2 aromatic rings. The van der Waals surface area contributed by atoms with Crippen molar-refractivity contribution in [2.24, 2.45) is 5.92 Å². The summed E-state index contributed by atoms with van der Waals surface area (Å²) in [5.41, 5.74) is 4.66. The van der Waals surface area contributed by atoms with E-state index in [1.54, 1.807) is 0 Å². The highest BCUT2D eigenvalue weighted by atomic mass is 32.2. The molecule has 1 aromatic heterocycles. The van der Waals surface area contributed by atoms with Crippen molar-refractivity contribution in [2.75, 3.05) is 13.2 Å². The van der Waals surface area contributed by atoms with E-state index in [0.29, 0.717) is 19.1 Å². The van der Waals surface area contributed by atoms with Gasteiger partial charge in [0.2, 0.25) is 0 Å². The molecule has 0 radical (unpaired) electrons. The van der Waals surface area contributed by atoms with Crippen molar-refractivity contribution in [3.63, 3.8) is 0 Å². The number of aromatic nitrogens is 1. The molecule has 1 saturated heterocycles. The van der Waals surface area contributed by atoms with Gasteiger partial charge in [0.25, 0.3) is 5.91 Å². The van der Waals surface area contributed by atoms with Crippen LogP contribution in [0.5, 0.6) is 0 Å². The molecule has 0 spiro atoms. The zero-order valence-electron chi connectivity index (χ0n) is 25.1. The molecule has 2 heterocycles. The topological polar surface area (TPSA) is 72.4 Å². The van der Waals surface area contributed by atoms with Crippen molar-refractivity contribution >= 4 is 16.9 Å². The number of ether oxygens (including phenoxy) is 1. The Morgan fingerprint density at radius 1 is 1.03 bits per heavy atom. The lowest BCUT2D eigenvalue weighted by molar-refractivity contribution is 0.0696. The lowest BCUT2D eigenvalue weighted by Gasteiger charge is -2.27. The van der Waals surface area contributed by atoms with Crippen LogP contribution in [0.4, 0.5) is 0 Å². The second-order valence-electron chi connectivity index (χ2n) is 13.6. The molecule has 2 N–H and O–H groups in total. The molecular formula is C32H49N3O3S. The number of nitrogens with one attached hydrogen (secondary N) is 2. The van der Waals surface area contributed by atoms with Crippen LogP contribution < -0.4 is 10.0 Å². The third-order valence-electron chi connectivity index (χ3n) is 8.04. The summed E-state index contributed by atoms with van der Waals surface area (Å²) in [7, 11) is -1.33. The minimum atomic E-state index is -1.33. The predicted octanol–water partition coefficient (Wildman–Crippen LogP) is 6.53. The molecule has 1 unspecified atom stereocenters. The Balaban J connectivity index is 1.75. The lowest BCUT2D eigenvalue weighted by Crippen LogP contribution is -2.39. The maximum Gasteiger partial charge on any atom is 0.253 e. The van der Waals surface area contributed by atoms with E-state index in [0.717, 1.165) is 46.5 Å². The van der Waals surface area contributed by atoms with E-state index in [-0.39, 0.29) is 22.9 Å². The number of nitrogens with zero attached hydrogens (tertiary/aromatic N) is 1. The molecule has 0 bridgehead atoms. The van der Waals surface area contributed by atoms with E-state index in [2.05, 4.69) is 54.4 Å². The Kier molecular flexibility index (Phi) is 9.45. The molecule has 7 heteroatoms. The SMILES string of the molecule is Cc1c(C(=O)NC2CCOCC2)cn(-c2ccc(S(=O)NC(C)(C)C)c(C(C)(C)C)c2)c1CC1CCCCC1. The van der Waals surface area contributed by atoms with Gasteiger partial charge in [0.05, 0.1) is 10.5 Å². The van der Waals surface area contributed by atoms with Crippen molar-refractivity contribution in [3.05, 3.63) is 46.8 Å². The van der Waals surface area contributed by atoms with Crippen molar-refractivity contribution < 1.29 is 13.7 Å². The Labute approximate surface area is 238 Å². The molecule has 216 valence electrons. The zero-order valence-corrected chi connectivity index (χ0v) is 25.9. The monoisotopic (exact) mass is 555 g/mol. The average Bonchev–Trinajstić information content (AvgIpc) is 3.19. The lowest BCUT2D eigenvalue weighted by atomic mass is 9.85. The van der Waals surface area contributed by atoms with Crippen molar-refractivity contribution in [1.82, 2.24) is 14.6 Å². The van der Waals surface area contributed by atoms with Gasteiger partial charge in [-0.15, -0.1) is 0 Å². The zero-order chi connectivity index (χ0) is 28.4. The van der Waals surface area contributed by atoms with Gasteiger partial charge >= 0.3 is 0 Å². The van der Waals surface area contributed by atoms with Crippen LogP contribution >= 0.6 is 0 Å². The standard InChI is InChI=1S/C32H49N3O3S/c1-22-26(30(36)33-24-15-17-38-18-16-24)21-35(28(22)19-23-11-9-8-10-12-23)25-13-14-29(27(20-25)31(2,3)4)39(37)34-32(5,6)7/h13-14,20-21,23-24,34H,8-12,15-19H2,1-7H3,(H,33,36). The van der Waals surface area contributed by atoms with Gasteiger partial charge in [0.15, 0.2) is 0 Å². The molecule has 1 aliphatic heterocycles. The van der Waals surface area contributed by atoms with Gasteiger partial charge < -0.3 is 14.6 Å². The van der Waals surface area contributed by atoms with Crippen LogP contribution in [0.2, 0.25) is 0 Å². The number of hydrogen-bond acceptors (Lipinski definition) is 3. The first-order valence-electron chi connectivity index (χ1n) is 14.8. The number of carbonyl (C=O) groups excluding carboxylic acids is 1. The van der Waals surface area contributed by atoms with Crippen LogP contribution in [0.25, 0.3) is 5.69 Å². The van der Waals surface area contributed by atoms with Gasteiger partial charge in [0, 0.05) is 42.4 Å². The summed E-state index contributed by atoms with van der Waals surface area (Å²) < 4.78 is 24.3. The third-order valence-corrected chi connectivity index (χ3v) is 9.59. The van der Waals surface area contributed by atoms with Gasteiger partial charge in [-0.1, -0.05) is 52.9 Å². The maximum atomic E-state index is 13.5. The fourth-order valence-corrected chi connectivity index (χ4v) is 7.29. The van der Waals surface area contributed by atoms with Gasteiger partial charge in [0.1, 0.15) is 11.0 Å². The fraction of sp³-hybridized carbons (Fsp3) is 0.656. The molecule has 1 aromatic carbocycles. The Bertz CT molecular complexity index is 1180. The maximum absolute atomic E-state index is 13.5. The van der Waals surface area contributed by atoms with Gasteiger partial charge in [-0.05, 0) is 87.6 Å². The molecular weight excluding hydrogens is 506 g/mol. The predicted molar refractivity (Wildman–Crippen MR) is 160 cm³/mol. The van der Waals surface area contributed by atoms with Crippen LogP contribution in [-0.2, 0) is 27.6 Å². The smallest absolute Gasteiger partial charge is 0.253 e. The first-order valence-corrected chi connectivity index (χ1v) is 15.9. The summed E-state index contributed by atoms with van der Waals surface area (Å²) in [5, 5.41) is 3.27. The summed E-state index contributed by atoms with van der Waals surface area (Å²) in [4.78, 5) is 14.3. The molecule has 2 fully saturated rings. The highest BCUT2D eigenvalue weighted by Gasteiger charge is 2.27. The molecule has 1 saturated carbocycles. The van der Waals surface area contributed by atoms with Gasteiger partial charge in [-0.3, -0.25) is 4.79 Å². The van der Waals surface area contributed by atoms with E-state index >= 15 is 0 Å². The normalized spacial score (nSPS) is 18.7. The third kappa shape index (κ3) is 7.62. The highest BCUT2D eigenvalue weighted by Crippen LogP contribution is 2.34. The van der Waals surface area contributed by atoms with Crippen LogP contribution in [0.3, 0.4) is 0 Å². The van der Waals surface area contributed by atoms with Crippen molar-refractivity contribution in [2.45, 2.75) is 122 Å². The van der Waals surface area contributed by atoms with Crippen LogP contribution in [-0.4, -0.2) is 39.5 Å². The Hall–Kier alpha value is -1.96. The van der Waals surface area contributed by atoms with Gasteiger partial charge in [-0.25, -0.2) is 8.93 Å². The summed E-state index contributed by atoms with van der Waals surface area (Å²) in [6, 6.07) is 6.41. The second kappa shape index (κ2) is 12.3.